The van der Waals surface area contributed by atoms with Crippen molar-refractivity contribution in [3.05, 3.63) is 53.6 Å². The fourth-order valence-corrected chi connectivity index (χ4v) is 3.25. The van der Waals surface area contributed by atoms with E-state index in [1.807, 2.05) is 13.0 Å². The van der Waals surface area contributed by atoms with Crippen molar-refractivity contribution in [1.29, 1.82) is 0 Å². The van der Waals surface area contributed by atoms with Gasteiger partial charge in [-0.2, -0.15) is 0 Å². The lowest BCUT2D eigenvalue weighted by Gasteiger charge is -2.12. The molecule has 24 heavy (non-hydrogen) atoms. The van der Waals surface area contributed by atoms with Crippen LogP contribution < -0.4 is 14.8 Å². The maximum atomic E-state index is 12.5. The standard InChI is InChI=1S/C18H21NO4S/c1-4-24(21)17-8-6-5-7-15(17)18(20)19-12-13-11-14(22-2)9-10-16(13)23-3/h5-11H,4,12H2,1-3H3,(H,19,20). The molecule has 0 fully saturated rings. The van der Waals surface area contributed by atoms with E-state index in [4.69, 9.17) is 9.47 Å². The zero-order valence-electron chi connectivity index (χ0n) is 14.0. The Bertz CT molecular complexity index is 746. The van der Waals surface area contributed by atoms with Gasteiger partial charge in [-0.3, -0.25) is 9.00 Å². The van der Waals surface area contributed by atoms with Crippen LogP contribution in [0.3, 0.4) is 0 Å². The smallest absolute Gasteiger partial charge is 0.252 e. The Morgan fingerprint density at radius 3 is 2.54 bits per heavy atom. The monoisotopic (exact) mass is 347 g/mol. The van der Waals surface area contributed by atoms with Gasteiger partial charge in [-0.15, -0.1) is 0 Å². The van der Waals surface area contributed by atoms with Gasteiger partial charge in [-0.05, 0) is 30.3 Å². The molecule has 2 aromatic carbocycles. The van der Waals surface area contributed by atoms with Crippen molar-refractivity contribution in [1.82, 2.24) is 5.32 Å². The first-order valence-corrected chi connectivity index (χ1v) is 8.89. The van der Waals surface area contributed by atoms with Crippen molar-refractivity contribution in [2.45, 2.75) is 18.4 Å². The van der Waals surface area contributed by atoms with Crippen molar-refractivity contribution < 1.29 is 18.5 Å². The molecule has 0 aliphatic heterocycles. The van der Waals surface area contributed by atoms with E-state index >= 15 is 0 Å². The van der Waals surface area contributed by atoms with Crippen LogP contribution >= 0.6 is 0 Å². The van der Waals surface area contributed by atoms with Gasteiger partial charge in [0.15, 0.2) is 0 Å². The first kappa shape index (κ1) is 18.0. The minimum Gasteiger partial charge on any atom is -0.497 e. The number of rotatable bonds is 7. The lowest BCUT2D eigenvalue weighted by atomic mass is 10.1. The minimum absolute atomic E-state index is 0.266. The highest BCUT2D eigenvalue weighted by Crippen LogP contribution is 2.24. The summed E-state index contributed by atoms with van der Waals surface area (Å²) in [6, 6.07) is 12.4. The number of nitrogens with one attached hydrogen (secondary N) is 1. The predicted octanol–water partition coefficient (Wildman–Crippen LogP) is 2.76. The fourth-order valence-electron chi connectivity index (χ4n) is 2.30. The van der Waals surface area contributed by atoms with Gasteiger partial charge in [0.1, 0.15) is 11.5 Å². The minimum atomic E-state index is -1.19. The van der Waals surface area contributed by atoms with Gasteiger partial charge in [0.05, 0.1) is 35.5 Å². The molecule has 1 N–H and O–H groups in total. The molecule has 128 valence electrons. The van der Waals surface area contributed by atoms with Gasteiger partial charge in [0, 0.05) is 17.9 Å². The van der Waals surface area contributed by atoms with Crippen molar-refractivity contribution in [3.8, 4) is 11.5 Å². The molecule has 5 nitrogen and oxygen atoms in total. The second-order valence-corrected chi connectivity index (χ2v) is 6.70. The third kappa shape index (κ3) is 4.14. The second kappa shape index (κ2) is 8.49. The molecule has 0 aliphatic carbocycles. The summed E-state index contributed by atoms with van der Waals surface area (Å²) in [4.78, 5) is 13.0. The Hall–Kier alpha value is -2.34. The highest BCUT2D eigenvalue weighted by molar-refractivity contribution is 7.85. The number of methoxy groups -OCH3 is 2. The summed E-state index contributed by atoms with van der Waals surface area (Å²) in [6.45, 7) is 2.11. The Morgan fingerprint density at radius 2 is 1.88 bits per heavy atom. The third-order valence-electron chi connectivity index (χ3n) is 3.57. The molecule has 0 saturated heterocycles. The summed E-state index contributed by atoms with van der Waals surface area (Å²) >= 11 is 0. The fraction of sp³-hybridized carbons (Fsp3) is 0.278. The van der Waals surface area contributed by atoms with Crippen LogP contribution in [0.15, 0.2) is 47.4 Å². The number of carbonyl (C=O) groups is 1. The average Bonchev–Trinajstić information content (AvgIpc) is 2.65. The van der Waals surface area contributed by atoms with Gasteiger partial charge in [-0.25, -0.2) is 0 Å². The first-order valence-electron chi connectivity index (χ1n) is 7.57. The zero-order chi connectivity index (χ0) is 17.5. The van der Waals surface area contributed by atoms with E-state index in [2.05, 4.69) is 5.32 Å². The second-order valence-electron chi connectivity index (χ2n) is 4.99. The van der Waals surface area contributed by atoms with Gasteiger partial charge in [0.2, 0.25) is 0 Å². The van der Waals surface area contributed by atoms with Gasteiger partial charge in [0.25, 0.3) is 5.91 Å². The van der Waals surface area contributed by atoms with Crippen molar-refractivity contribution in [2.75, 3.05) is 20.0 Å². The molecular weight excluding hydrogens is 326 g/mol. The van der Waals surface area contributed by atoms with Crippen LogP contribution in [0.2, 0.25) is 0 Å². The maximum Gasteiger partial charge on any atom is 0.252 e. The van der Waals surface area contributed by atoms with E-state index in [0.717, 1.165) is 5.56 Å². The maximum absolute atomic E-state index is 12.5. The number of amides is 1. The average molecular weight is 347 g/mol. The number of carbonyl (C=O) groups excluding carboxylic acids is 1. The molecule has 1 unspecified atom stereocenters. The van der Waals surface area contributed by atoms with E-state index < -0.39 is 10.8 Å². The highest BCUT2D eigenvalue weighted by Gasteiger charge is 2.15. The van der Waals surface area contributed by atoms with Crippen LogP contribution in [-0.4, -0.2) is 30.1 Å². The molecule has 2 rings (SSSR count). The number of ether oxygens (including phenoxy) is 2. The Kier molecular flexibility index (Phi) is 6.37. The number of benzene rings is 2. The molecule has 0 aliphatic rings. The quantitative estimate of drug-likeness (QED) is 0.836. The SMILES string of the molecule is CCS(=O)c1ccccc1C(=O)NCc1cc(OC)ccc1OC. The molecule has 0 aromatic heterocycles. The molecule has 1 atom stereocenters. The summed E-state index contributed by atoms with van der Waals surface area (Å²) < 4.78 is 22.6. The Balaban J connectivity index is 2.19. The number of hydrogen-bond acceptors (Lipinski definition) is 4. The van der Waals surface area contributed by atoms with E-state index in [0.29, 0.717) is 27.7 Å². The normalized spacial score (nSPS) is 11.6. The summed E-state index contributed by atoms with van der Waals surface area (Å²) in [5.41, 5.74) is 1.24. The van der Waals surface area contributed by atoms with Crippen LogP contribution in [-0.2, 0) is 17.3 Å². The van der Waals surface area contributed by atoms with Gasteiger partial charge >= 0.3 is 0 Å². The summed E-state index contributed by atoms with van der Waals surface area (Å²) in [5, 5.41) is 2.85. The molecule has 0 bridgehead atoms. The van der Waals surface area contributed by atoms with Crippen molar-refractivity contribution in [2.24, 2.45) is 0 Å². The van der Waals surface area contributed by atoms with Gasteiger partial charge < -0.3 is 14.8 Å². The highest BCUT2D eigenvalue weighted by atomic mass is 32.2. The lowest BCUT2D eigenvalue weighted by molar-refractivity contribution is 0.0947. The van der Waals surface area contributed by atoms with E-state index in [-0.39, 0.29) is 12.5 Å². The largest absolute Gasteiger partial charge is 0.497 e. The van der Waals surface area contributed by atoms with Crippen LogP contribution in [0, 0.1) is 0 Å². The summed E-state index contributed by atoms with van der Waals surface area (Å²) in [6.07, 6.45) is 0. The molecule has 2 aromatic rings. The van der Waals surface area contributed by atoms with Crippen LogP contribution in [0.5, 0.6) is 11.5 Å². The van der Waals surface area contributed by atoms with E-state index in [1.165, 1.54) is 0 Å². The van der Waals surface area contributed by atoms with E-state index in [1.54, 1.807) is 50.6 Å². The van der Waals surface area contributed by atoms with Crippen LogP contribution in [0.1, 0.15) is 22.8 Å². The van der Waals surface area contributed by atoms with Crippen molar-refractivity contribution >= 4 is 16.7 Å². The molecule has 1 amide bonds. The number of hydrogen-bond donors (Lipinski definition) is 1. The molecule has 0 radical (unpaired) electrons. The lowest BCUT2D eigenvalue weighted by Crippen LogP contribution is -2.24. The topological polar surface area (TPSA) is 64.6 Å². The molecule has 0 saturated carbocycles. The third-order valence-corrected chi connectivity index (χ3v) is 4.94. The molecule has 6 heteroatoms. The summed E-state index contributed by atoms with van der Waals surface area (Å²) in [7, 11) is 1.97. The Morgan fingerprint density at radius 1 is 1.12 bits per heavy atom. The first-order chi connectivity index (χ1) is 11.6. The molecule has 0 heterocycles. The van der Waals surface area contributed by atoms with Gasteiger partial charge in [-0.1, -0.05) is 19.1 Å². The van der Waals surface area contributed by atoms with E-state index in [9.17, 15) is 9.00 Å². The van der Waals surface area contributed by atoms with Crippen LogP contribution in [0.25, 0.3) is 0 Å². The Labute approximate surface area is 144 Å². The summed E-state index contributed by atoms with van der Waals surface area (Å²) in [5.74, 6) is 1.56. The molecule has 0 spiro atoms. The van der Waals surface area contributed by atoms with Crippen LogP contribution in [0.4, 0.5) is 0 Å². The molecular formula is C18H21NO4S. The predicted molar refractivity (Wildman–Crippen MR) is 94.1 cm³/mol. The zero-order valence-corrected chi connectivity index (χ0v) is 14.8. The van der Waals surface area contributed by atoms with Crippen molar-refractivity contribution in [3.63, 3.8) is 0 Å².